The molecule has 4 nitrogen and oxygen atoms in total. The van der Waals surface area contributed by atoms with E-state index in [9.17, 15) is 17.9 Å². The highest BCUT2D eigenvalue weighted by Gasteiger charge is 2.68. The Hall–Kier alpha value is -0.980. The fourth-order valence-corrected chi connectivity index (χ4v) is 4.51. The highest BCUT2D eigenvalue weighted by molar-refractivity contribution is 7.92. The maximum atomic E-state index is 13.2. The summed E-state index contributed by atoms with van der Waals surface area (Å²) >= 11 is 0. The maximum Gasteiger partial charge on any atom is 0.155 e. The number of sulfone groups is 1. The number of halogens is 1. The Morgan fingerprint density at radius 3 is 2.67 bits per heavy atom. The van der Waals surface area contributed by atoms with Gasteiger partial charge in [0.1, 0.15) is 5.82 Å². The second kappa shape index (κ2) is 4.29. The molecule has 1 fully saturated rings. The van der Waals surface area contributed by atoms with Crippen LogP contribution in [0.3, 0.4) is 0 Å². The van der Waals surface area contributed by atoms with Crippen LogP contribution in [-0.4, -0.2) is 36.7 Å². The Balaban J connectivity index is 2.40. The van der Waals surface area contributed by atoms with Crippen LogP contribution in [0.25, 0.3) is 0 Å². The number of aliphatic hydroxyl groups is 1. The quantitative estimate of drug-likeness (QED) is 0.833. The highest BCUT2D eigenvalue weighted by Crippen LogP contribution is 2.54. The number of hydrogen-bond donors (Lipinski definition) is 2. The molecule has 1 aliphatic rings. The molecule has 0 spiro atoms. The third kappa shape index (κ3) is 1.94. The van der Waals surface area contributed by atoms with Gasteiger partial charge < -0.3 is 10.8 Å². The van der Waals surface area contributed by atoms with Gasteiger partial charge in [0.2, 0.25) is 0 Å². The summed E-state index contributed by atoms with van der Waals surface area (Å²) in [5, 5.41) is 8.48. The first-order valence-corrected chi connectivity index (χ1v) is 7.45. The van der Waals surface area contributed by atoms with Gasteiger partial charge in [0.15, 0.2) is 9.84 Å². The molecule has 1 aromatic rings. The van der Waals surface area contributed by atoms with Gasteiger partial charge in [-0.05, 0) is 17.7 Å². The molecule has 3 atom stereocenters. The lowest BCUT2D eigenvalue weighted by atomic mass is 10.1. The van der Waals surface area contributed by atoms with E-state index in [-0.39, 0.29) is 5.75 Å². The minimum atomic E-state index is -3.36. The number of hydrogen-bond acceptors (Lipinski definition) is 4. The van der Waals surface area contributed by atoms with Crippen molar-refractivity contribution in [3.05, 3.63) is 35.6 Å². The lowest BCUT2D eigenvalue weighted by molar-refractivity contribution is 0.253. The molecule has 6 heteroatoms. The van der Waals surface area contributed by atoms with Crippen molar-refractivity contribution in [2.45, 2.75) is 23.6 Å². The summed E-state index contributed by atoms with van der Waals surface area (Å²) in [6.45, 7) is 1.10. The molecular weight excluding hydrogens is 257 g/mol. The molecule has 3 N–H and O–H groups in total. The molecule has 1 aliphatic carbocycles. The summed E-state index contributed by atoms with van der Waals surface area (Å²) in [4.78, 5) is 0. The zero-order valence-electron chi connectivity index (χ0n) is 10.0. The van der Waals surface area contributed by atoms with Crippen LogP contribution < -0.4 is 5.73 Å². The molecule has 2 rings (SSSR count). The van der Waals surface area contributed by atoms with Gasteiger partial charge in [-0.25, -0.2) is 12.8 Å². The summed E-state index contributed by atoms with van der Waals surface area (Å²) in [6, 6.07) is 5.70. The van der Waals surface area contributed by atoms with E-state index in [1.165, 1.54) is 25.1 Å². The third-order valence-electron chi connectivity index (χ3n) is 3.57. The maximum absolute atomic E-state index is 13.2. The van der Waals surface area contributed by atoms with Crippen LogP contribution in [0.1, 0.15) is 18.4 Å². The van der Waals surface area contributed by atoms with Crippen molar-refractivity contribution in [2.24, 2.45) is 5.73 Å². The van der Waals surface area contributed by atoms with Crippen molar-refractivity contribution in [1.82, 2.24) is 0 Å². The average Bonchev–Trinajstić information content (AvgIpc) is 2.98. The van der Waals surface area contributed by atoms with E-state index in [2.05, 4.69) is 0 Å². The number of rotatable bonds is 4. The first kappa shape index (κ1) is 13.5. The Morgan fingerprint density at radius 2 is 2.17 bits per heavy atom. The topological polar surface area (TPSA) is 80.4 Å². The molecule has 0 saturated heterocycles. The second-order valence-electron chi connectivity index (χ2n) is 4.68. The van der Waals surface area contributed by atoms with Crippen molar-refractivity contribution in [1.29, 1.82) is 0 Å². The Morgan fingerprint density at radius 1 is 1.50 bits per heavy atom. The fraction of sp³-hybridized carbons (Fsp3) is 0.500. The first-order valence-electron chi connectivity index (χ1n) is 5.73. The summed E-state index contributed by atoms with van der Waals surface area (Å²) < 4.78 is 37.0. The van der Waals surface area contributed by atoms with E-state index in [1.54, 1.807) is 6.07 Å². The molecule has 0 bridgehead atoms. The summed E-state index contributed by atoms with van der Waals surface area (Å²) in [7, 11) is -3.36. The van der Waals surface area contributed by atoms with E-state index in [0.717, 1.165) is 0 Å². The summed E-state index contributed by atoms with van der Waals surface area (Å²) in [6.07, 6.45) is 0. The predicted molar refractivity (Wildman–Crippen MR) is 66.4 cm³/mol. The minimum Gasteiger partial charge on any atom is -0.394 e. The van der Waals surface area contributed by atoms with Gasteiger partial charge in [-0.15, -0.1) is 0 Å². The van der Waals surface area contributed by atoms with Crippen LogP contribution in [0.2, 0.25) is 0 Å². The van der Waals surface area contributed by atoms with Crippen molar-refractivity contribution in [3.63, 3.8) is 0 Å². The largest absolute Gasteiger partial charge is 0.394 e. The lowest BCUT2D eigenvalue weighted by Crippen LogP contribution is -2.35. The molecule has 1 aromatic carbocycles. The van der Waals surface area contributed by atoms with Gasteiger partial charge in [-0.1, -0.05) is 19.1 Å². The van der Waals surface area contributed by atoms with Gasteiger partial charge in [-0.2, -0.15) is 0 Å². The van der Waals surface area contributed by atoms with Crippen LogP contribution >= 0.6 is 0 Å². The average molecular weight is 273 g/mol. The fourth-order valence-electron chi connectivity index (χ4n) is 2.52. The SMILES string of the molecule is CCS(=O)(=O)[C@@H]1[C@@H](c2cccc(F)c2)[C@@]1(N)CO. The normalized spacial score (nSPS) is 31.3. The zero-order chi connectivity index (χ0) is 13.6. The summed E-state index contributed by atoms with van der Waals surface area (Å²) in [5.41, 5.74) is 5.26. The zero-order valence-corrected chi connectivity index (χ0v) is 10.8. The Labute approximate surface area is 106 Å². The second-order valence-corrected chi connectivity index (χ2v) is 7.09. The van der Waals surface area contributed by atoms with Gasteiger partial charge in [-0.3, -0.25) is 0 Å². The van der Waals surface area contributed by atoms with Crippen LogP contribution in [0, 0.1) is 5.82 Å². The van der Waals surface area contributed by atoms with Gasteiger partial charge in [0, 0.05) is 11.7 Å². The van der Waals surface area contributed by atoms with Crippen molar-refractivity contribution in [2.75, 3.05) is 12.4 Å². The minimum absolute atomic E-state index is 0.0393. The molecule has 1 saturated carbocycles. The smallest absolute Gasteiger partial charge is 0.155 e. The monoisotopic (exact) mass is 273 g/mol. The van der Waals surface area contributed by atoms with E-state index in [0.29, 0.717) is 5.56 Å². The van der Waals surface area contributed by atoms with Crippen LogP contribution in [0.4, 0.5) is 4.39 Å². The molecule has 0 heterocycles. The van der Waals surface area contributed by atoms with Crippen molar-refractivity contribution in [3.8, 4) is 0 Å². The van der Waals surface area contributed by atoms with Gasteiger partial charge in [0.25, 0.3) is 0 Å². The predicted octanol–water partition coefficient (Wildman–Crippen LogP) is 0.416. The Kier molecular flexibility index (Phi) is 3.21. The van der Waals surface area contributed by atoms with Crippen molar-refractivity contribution < 1.29 is 17.9 Å². The lowest BCUT2D eigenvalue weighted by Gasteiger charge is -2.07. The summed E-state index contributed by atoms with van der Waals surface area (Å²) in [5.74, 6) is -1.02. The molecule has 0 unspecified atom stereocenters. The van der Waals surface area contributed by atoms with E-state index in [1.807, 2.05) is 0 Å². The standard InChI is InChI=1S/C12H16FNO3S/c1-2-18(16,17)11-10(12(11,14)7-15)8-4-3-5-9(13)6-8/h3-6,10-11,15H,2,7,14H2,1H3/t10-,11-,12+/m1/s1. The highest BCUT2D eigenvalue weighted by atomic mass is 32.2. The number of benzene rings is 1. The number of aliphatic hydroxyl groups excluding tert-OH is 1. The molecule has 0 aliphatic heterocycles. The number of nitrogens with two attached hydrogens (primary N) is 1. The van der Waals surface area contributed by atoms with Gasteiger partial charge >= 0.3 is 0 Å². The van der Waals surface area contributed by atoms with Crippen LogP contribution in [0.5, 0.6) is 0 Å². The van der Waals surface area contributed by atoms with Crippen molar-refractivity contribution >= 4 is 9.84 Å². The van der Waals surface area contributed by atoms with E-state index in [4.69, 9.17) is 5.73 Å². The molecule has 0 radical (unpaired) electrons. The molecule has 100 valence electrons. The molecule has 18 heavy (non-hydrogen) atoms. The third-order valence-corrected chi connectivity index (χ3v) is 5.86. The van der Waals surface area contributed by atoms with Crippen LogP contribution in [0.15, 0.2) is 24.3 Å². The first-order chi connectivity index (χ1) is 8.36. The Bertz CT molecular complexity index is 560. The van der Waals surface area contributed by atoms with Crippen LogP contribution in [-0.2, 0) is 9.84 Å². The van der Waals surface area contributed by atoms with Gasteiger partial charge in [0.05, 0.1) is 17.4 Å². The molecule has 0 amide bonds. The molecule has 0 aromatic heterocycles. The van der Waals surface area contributed by atoms with E-state index < -0.39 is 39.0 Å². The van der Waals surface area contributed by atoms with E-state index >= 15 is 0 Å². The molecular formula is C12H16FNO3S.